The predicted octanol–water partition coefficient (Wildman–Crippen LogP) is 3.22. The molecule has 0 unspecified atom stereocenters. The highest BCUT2D eigenvalue weighted by atomic mass is 32.3. The summed E-state index contributed by atoms with van der Waals surface area (Å²) >= 11 is 6.05. The highest BCUT2D eigenvalue weighted by Crippen LogP contribution is 2.57. The number of esters is 1. The molecule has 15 nitrogen and oxygen atoms in total. The third-order valence-corrected chi connectivity index (χ3v) is 11.3. The van der Waals surface area contributed by atoms with E-state index in [1.54, 1.807) is 30.3 Å². The minimum absolute atomic E-state index is 0.0654. The fourth-order valence-corrected chi connectivity index (χ4v) is 8.24. The monoisotopic (exact) mass is 726 g/mol. The largest absolute Gasteiger partial charge is 0.508 e. The van der Waals surface area contributed by atoms with E-state index in [-0.39, 0.29) is 42.8 Å². The molecule has 0 fully saturated rings. The lowest BCUT2D eigenvalue weighted by Crippen LogP contribution is -2.41. The van der Waals surface area contributed by atoms with Crippen molar-refractivity contribution < 1.29 is 41.3 Å². The van der Waals surface area contributed by atoms with Gasteiger partial charge in [-0.05, 0) is 66.8 Å². The van der Waals surface area contributed by atoms with Crippen LogP contribution in [0.4, 0.5) is 11.4 Å². The van der Waals surface area contributed by atoms with Crippen LogP contribution in [0.5, 0.6) is 23.0 Å². The Morgan fingerprint density at radius 3 is 2.15 bits per heavy atom. The number of fused-ring (bicyclic) bond motifs is 6. The molecule has 1 spiro atoms. The molecule has 19 heteroatoms. The van der Waals surface area contributed by atoms with E-state index in [0.29, 0.717) is 40.0 Å². The summed E-state index contributed by atoms with van der Waals surface area (Å²) in [5, 5.41) is 31.4. The van der Waals surface area contributed by atoms with Crippen molar-refractivity contribution in [2.45, 2.75) is 10.5 Å². The van der Waals surface area contributed by atoms with Gasteiger partial charge in [0.05, 0.1) is 16.1 Å². The quantitative estimate of drug-likeness (QED) is 0.0861. The normalized spacial score (nSPS) is 16.1. The van der Waals surface area contributed by atoms with Gasteiger partial charge < -0.3 is 30.3 Å². The first-order chi connectivity index (χ1) is 22.7. The van der Waals surface area contributed by atoms with Crippen molar-refractivity contribution in [3.8, 4) is 23.0 Å². The molecule has 3 aliphatic rings. The van der Waals surface area contributed by atoms with Crippen molar-refractivity contribution in [2.24, 2.45) is 5.14 Å². The Morgan fingerprint density at radius 2 is 1.54 bits per heavy atom. The van der Waals surface area contributed by atoms with Crippen LogP contribution in [0.15, 0.2) is 94.2 Å². The van der Waals surface area contributed by atoms with E-state index < -0.39 is 31.6 Å². The molecule has 48 heavy (non-hydrogen) atoms. The first kappa shape index (κ1) is 31.7. The number of phenolic OH excluding ortho intramolecular Hbond substituents is 2. The third kappa shape index (κ3) is 5.46. The average molecular weight is 727 g/mol. The summed E-state index contributed by atoms with van der Waals surface area (Å²) in [4.78, 5) is 15.7. The first-order valence-corrected chi connectivity index (χ1v) is 17.9. The fourth-order valence-electron chi connectivity index (χ4n) is 5.45. The standard InChI is InChI=1S/C29H22N6O9S4/c30-47(39,40)25-14-31-35(46-25)34-48(41,42)18-8-4-15(5-9-18)32-28(45)33-22-3-1-2-21-26(22)27(38)44-29(21)19-10-6-16(36)12-23(19)43-24-13-17(37)7-11-20(24)29/h1-14,31,34,36-37H,(H2,30,39,40)(H2,32,33,45). The number of sulfonamides is 2. The summed E-state index contributed by atoms with van der Waals surface area (Å²) < 4.78 is 61.4. The minimum atomic E-state index is -4.12. The zero-order chi connectivity index (χ0) is 34.0. The summed E-state index contributed by atoms with van der Waals surface area (Å²) in [6, 6.07) is 19.5. The lowest BCUT2D eigenvalue weighted by molar-refractivity contribution is 0.0224. The van der Waals surface area contributed by atoms with Gasteiger partial charge in [0.25, 0.3) is 10.0 Å². The topological polar surface area (TPSA) is 222 Å². The number of hydrazine groups is 2. The Bertz CT molecular complexity index is 2250. The molecule has 4 aromatic rings. The molecule has 4 aromatic carbocycles. The molecule has 0 radical (unpaired) electrons. The van der Waals surface area contributed by atoms with Crippen molar-refractivity contribution in [3.63, 3.8) is 0 Å². The summed E-state index contributed by atoms with van der Waals surface area (Å²) in [7, 11) is -8.15. The number of carbonyl (C=O) groups is 1. The van der Waals surface area contributed by atoms with Crippen LogP contribution in [0.2, 0.25) is 0 Å². The molecule has 7 rings (SSSR count). The first-order valence-electron chi connectivity index (χ1n) is 13.6. The molecule has 3 aliphatic heterocycles. The molecule has 3 heterocycles. The van der Waals surface area contributed by atoms with Gasteiger partial charge >= 0.3 is 5.97 Å². The van der Waals surface area contributed by atoms with Crippen molar-refractivity contribution in [2.75, 3.05) is 10.6 Å². The number of primary sulfonamides is 1. The SMILES string of the molecule is NS(=O)(=O)C1=CNN(NS(=O)(=O)c2ccc(NC(=S)Nc3cccc4c3C(=O)OC43c4ccc(O)cc4Oc4cc(O)ccc43)cc2)S1. The van der Waals surface area contributed by atoms with E-state index in [2.05, 4.69) is 20.9 Å². The summed E-state index contributed by atoms with van der Waals surface area (Å²) in [5.41, 5.74) is 3.32. The molecule has 0 aliphatic carbocycles. The van der Waals surface area contributed by atoms with Gasteiger partial charge in [-0.2, -0.15) is 0 Å². The molecule has 246 valence electrons. The lowest BCUT2D eigenvalue weighted by Gasteiger charge is -2.36. The molecule has 0 saturated heterocycles. The molecule has 0 aromatic heterocycles. The predicted molar refractivity (Wildman–Crippen MR) is 178 cm³/mol. The Labute approximate surface area is 282 Å². The maximum absolute atomic E-state index is 13.6. The number of hydrogen-bond acceptors (Lipinski definition) is 13. The van der Waals surface area contributed by atoms with E-state index in [9.17, 15) is 31.8 Å². The second-order valence-corrected chi connectivity index (χ2v) is 15.3. The Hall–Kier alpha value is -4.89. The molecule has 0 bridgehead atoms. The van der Waals surface area contributed by atoms with Gasteiger partial charge in [-0.15, -0.1) is 4.83 Å². The van der Waals surface area contributed by atoms with Crippen LogP contribution < -0.4 is 30.8 Å². The number of aromatic hydroxyl groups is 2. The van der Waals surface area contributed by atoms with Crippen LogP contribution in [0, 0.1) is 0 Å². The highest BCUT2D eigenvalue weighted by Gasteiger charge is 2.54. The number of phenols is 2. The van der Waals surface area contributed by atoms with E-state index in [1.807, 2.05) is 0 Å². The van der Waals surface area contributed by atoms with Gasteiger partial charge in [-0.3, -0.25) is 5.43 Å². The van der Waals surface area contributed by atoms with E-state index in [4.69, 9.17) is 26.8 Å². The maximum atomic E-state index is 13.6. The number of benzene rings is 4. The number of thiocarbonyl (C=S) groups is 1. The Morgan fingerprint density at radius 1 is 0.896 bits per heavy atom. The second-order valence-electron chi connectivity index (χ2n) is 10.5. The van der Waals surface area contributed by atoms with E-state index in [1.165, 1.54) is 48.5 Å². The van der Waals surface area contributed by atoms with Crippen LogP contribution in [-0.4, -0.2) is 42.7 Å². The average Bonchev–Trinajstić information content (AvgIpc) is 3.60. The number of hydrogen-bond donors (Lipinski definition) is 7. The number of rotatable bonds is 6. The number of nitrogens with two attached hydrogens (primary N) is 1. The number of nitrogens with one attached hydrogen (secondary N) is 4. The van der Waals surface area contributed by atoms with Gasteiger partial charge in [0.15, 0.2) is 15.0 Å². The van der Waals surface area contributed by atoms with Crippen molar-refractivity contribution >= 4 is 66.7 Å². The number of carbonyl (C=O) groups excluding carboxylic acids is 1. The molecular formula is C29H22N6O9S4. The van der Waals surface area contributed by atoms with Crippen molar-refractivity contribution in [1.29, 1.82) is 0 Å². The maximum Gasteiger partial charge on any atom is 0.342 e. The lowest BCUT2D eigenvalue weighted by atomic mass is 9.77. The molecule has 0 atom stereocenters. The highest BCUT2D eigenvalue weighted by molar-refractivity contribution is 8.17. The number of nitrogens with zero attached hydrogens (tertiary/aromatic N) is 1. The third-order valence-electron chi connectivity index (χ3n) is 7.44. The zero-order valence-corrected chi connectivity index (χ0v) is 27.3. The van der Waals surface area contributed by atoms with Gasteiger partial charge in [0.1, 0.15) is 23.0 Å². The van der Waals surface area contributed by atoms with Crippen molar-refractivity contribution in [3.05, 3.63) is 112 Å². The molecule has 0 saturated carbocycles. The van der Waals surface area contributed by atoms with Crippen molar-refractivity contribution in [1.82, 2.24) is 14.8 Å². The second kappa shape index (κ2) is 11.4. The molecule has 0 amide bonds. The van der Waals surface area contributed by atoms with Gasteiger partial charge in [-0.25, -0.2) is 26.8 Å². The molecule has 8 N–H and O–H groups in total. The summed E-state index contributed by atoms with van der Waals surface area (Å²) in [5.74, 6) is -0.306. The van der Waals surface area contributed by atoms with E-state index in [0.717, 1.165) is 10.7 Å². The fraction of sp³-hybridized carbons (Fsp3) is 0.0345. The zero-order valence-electron chi connectivity index (χ0n) is 24.0. The Balaban J connectivity index is 1.12. The van der Waals surface area contributed by atoms with Crippen LogP contribution in [0.25, 0.3) is 0 Å². The van der Waals surface area contributed by atoms with Gasteiger partial charge in [-0.1, -0.05) is 16.7 Å². The summed E-state index contributed by atoms with van der Waals surface area (Å²) in [6.07, 6.45) is 1.05. The van der Waals surface area contributed by atoms with Gasteiger partial charge in [0.2, 0.25) is 10.0 Å². The number of ether oxygens (including phenoxy) is 2. The minimum Gasteiger partial charge on any atom is -0.508 e. The molecular weight excluding hydrogens is 705 g/mol. The number of anilines is 2. The van der Waals surface area contributed by atoms with Gasteiger partial charge in [0, 0.05) is 52.7 Å². The van der Waals surface area contributed by atoms with Crippen LogP contribution in [0.1, 0.15) is 27.0 Å². The van der Waals surface area contributed by atoms with Crippen LogP contribution in [-0.2, 0) is 30.4 Å². The Kier molecular flexibility index (Phi) is 7.51. The van der Waals surface area contributed by atoms with E-state index >= 15 is 0 Å². The smallest absolute Gasteiger partial charge is 0.342 e. The summed E-state index contributed by atoms with van der Waals surface area (Å²) in [6.45, 7) is 0. The van der Waals surface area contributed by atoms with Crippen LogP contribution in [0.3, 0.4) is 0 Å². The van der Waals surface area contributed by atoms with Crippen LogP contribution >= 0.6 is 24.2 Å².